The summed E-state index contributed by atoms with van der Waals surface area (Å²) in [6.45, 7) is 2.05. The van der Waals surface area contributed by atoms with E-state index in [1.807, 2.05) is 12.1 Å². The molecule has 0 unspecified atom stereocenters. The van der Waals surface area contributed by atoms with E-state index in [0.29, 0.717) is 0 Å². The van der Waals surface area contributed by atoms with Gasteiger partial charge in [0.1, 0.15) is 0 Å². The van der Waals surface area contributed by atoms with Crippen LogP contribution in [-0.2, 0) is 0 Å². The molecule has 0 atom stereocenters. The van der Waals surface area contributed by atoms with Gasteiger partial charge in [-0.1, -0.05) is 121 Å². The quantitative estimate of drug-likeness (QED) is 0.191. The molecule has 8 rings (SSSR count). The first kappa shape index (κ1) is 26.9. The average molecular weight is 579 g/mol. The van der Waals surface area contributed by atoms with Crippen molar-refractivity contribution in [2.45, 2.75) is 19.8 Å². The molecule has 0 bridgehead atoms. The third-order valence-corrected chi connectivity index (χ3v) is 8.43. The number of aryl methyl sites for hydroxylation is 1. The Morgan fingerprint density at radius 2 is 1.22 bits per heavy atom. The number of rotatable bonds is 5. The van der Waals surface area contributed by atoms with E-state index in [4.69, 9.17) is 19.9 Å². The van der Waals surface area contributed by atoms with Crippen LogP contribution in [0.3, 0.4) is 0 Å². The first-order chi connectivity index (χ1) is 22.2. The van der Waals surface area contributed by atoms with Gasteiger partial charge >= 0.3 is 0 Å². The van der Waals surface area contributed by atoms with E-state index in [1.54, 1.807) is 0 Å². The molecule has 7 aromatic rings. The minimum Gasteiger partial charge on any atom is -0.251 e. The fourth-order valence-electron chi connectivity index (χ4n) is 6.21. The second kappa shape index (κ2) is 11.4. The number of hydrogen-bond acceptors (Lipinski definition) is 4. The second-order valence-corrected chi connectivity index (χ2v) is 11.4. The molecule has 0 amide bonds. The zero-order valence-electron chi connectivity index (χ0n) is 25.0. The van der Waals surface area contributed by atoms with E-state index < -0.39 is 0 Å². The summed E-state index contributed by atoms with van der Waals surface area (Å²) in [5.41, 5.74) is 12.1. The molecule has 4 nitrogen and oxygen atoms in total. The fraction of sp³-hybridized carbons (Fsp3) is 0.0732. The summed E-state index contributed by atoms with van der Waals surface area (Å²) < 4.78 is 0. The van der Waals surface area contributed by atoms with E-state index in [9.17, 15) is 0 Å². The van der Waals surface area contributed by atoms with Gasteiger partial charge in [0.15, 0.2) is 5.82 Å². The predicted molar refractivity (Wildman–Crippen MR) is 185 cm³/mol. The Morgan fingerprint density at radius 1 is 0.533 bits per heavy atom. The fourth-order valence-corrected chi connectivity index (χ4v) is 6.21. The molecular formula is C41H30N4. The van der Waals surface area contributed by atoms with Crippen LogP contribution in [0.5, 0.6) is 0 Å². The SMILES string of the molecule is Cc1cc(-c2ccccc2)c2ccc3ccc(-c4ccccc4-c4cc(-c5ccccc5)nc(C5=CC=CCC5)n4)nc3c2n1. The minimum absolute atomic E-state index is 0.774. The van der Waals surface area contributed by atoms with Gasteiger partial charge in [-0.05, 0) is 54.7 Å². The molecule has 0 fully saturated rings. The number of benzene rings is 4. The highest BCUT2D eigenvalue weighted by atomic mass is 14.9. The lowest BCUT2D eigenvalue weighted by molar-refractivity contribution is 1.01. The molecule has 0 spiro atoms. The average Bonchev–Trinajstić information content (AvgIpc) is 3.12. The summed E-state index contributed by atoms with van der Waals surface area (Å²) in [5, 5.41) is 2.16. The van der Waals surface area contributed by atoms with Gasteiger partial charge in [0, 0.05) is 33.2 Å². The van der Waals surface area contributed by atoms with Crippen LogP contribution in [0, 0.1) is 6.92 Å². The maximum atomic E-state index is 5.30. The highest BCUT2D eigenvalue weighted by molar-refractivity contribution is 6.09. The highest BCUT2D eigenvalue weighted by Crippen LogP contribution is 2.37. The number of fused-ring (bicyclic) bond motifs is 3. The maximum absolute atomic E-state index is 5.30. The van der Waals surface area contributed by atoms with Crippen molar-refractivity contribution in [3.63, 3.8) is 0 Å². The molecule has 0 aliphatic heterocycles. The lowest BCUT2D eigenvalue weighted by Gasteiger charge is -2.15. The van der Waals surface area contributed by atoms with E-state index in [1.165, 1.54) is 11.1 Å². The molecular weight excluding hydrogens is 548 g/mol. The Balaban J connectivity index is 1.32. The van der Waals surface area contributed by atoms with E-state index in [2.05, 4.69) is 134 Å². The summed E-state index contributed by atoms with van der Waals surface area (Å²) in [5.74, 6) is 0.774. The molecule has 3 heterocycles. The van der Waals surface area contributed by atoms with Crippen LogP contribution in [0.15, 0.2) is 140 Å². The lowest BCUT2D eigenvalue weighted by atomic mass is 9.97. The van der Waals surface area contributed by atoms with Crippen molar-refractivity contribution in [1.82, 2.24) is 19.9 Å². The Morgan fingerprint density at radius 3 is 1.98 bits per heavy atom. The Kier molecular flexibility index (Phi) is 6.80. The van der Waals surface area contributed by atoms with Crippen LogP contribution in [0.25, 0.3) is 72.3 Å². The number of hydrogen-bond donors (Lipinski definition) is 0. The topological polar surface area (TPSA) is 51.6 Å². The summed E-state index contributed by atoms with van der Waals surface area (Å²) in [7, 11) is 0. The molecule has 0 saturated carbocycles. The number of allylic oxidation sites excluding steroid dienone is 4. The number of aromatic nitrogens is 4. The van der Waals surface area contributed by atoms with Crippen LogP contribution in [0.4, 0.5) is 0 Å². The van der Waals surface area contributed by atoms with Gasteiger partial charge in [0.05, 0.1) is 28.1 Å². The molecule has 1 aliphatic carbocycles. The maximum Gasteiger partial charge on any atom is 0.156 e. The highest BCUT2D eigenvalue weighted by Gasteiger charge is 2.17. The van der Waals surface area contributed by atoms with Gasteiger partial charge in [0.25, 0.3) is 0 Å². The Hall–Kier alpha value is -5.74. The van der Waals surface area contributed by atoms with Crippen molar-refractivity contribution < 1.29 is 0 Å². The van der Waals surface area contributed by atoms with Crippen LogP contribution >= 0.6 is 0 Å². The van der Waals surface area contributed by atoms with Gasteiger partial charge in [-0.2, -0.15) is 0 Å². The van der Waals surface area contributed by atoms with Crippen molar-refractivity contribution in [3.05, 3.63) is 151 Å². The van der Waals surface area contributed by atoms with Crippen LogP contribution in [0.1, 0.15) is 24.4 Å². The van der Waals surface area contributed by atoms with Gasteiger partial charge in [-0.3, -0.25) is 4.98 Å². The minimum atomic E-state index is 0.774. The van der Waals surface area contributed by atoms with Crippen molar-refractivity contribution in [2.75, 3.05) is 0 Å². The van der Waals surface area contributed by atoms with Gasteiger partial charge in [0.2, 0.25) is 0 Å². The second-order valence-electron chi connectivity index (χ2n) is 11.4. The summed E-state index contributed by atoms with van der Waals surface area (Å²) in [4.78, 5) is 20.5. The molecule has 45 heavy (non-hydrogen) atoms. The summed E-state index contributed by atoms with van der Waals surface area (Å²) >= 11 is 0. The van der Waals surface area contributed by atoms with E-state index in [0.717, 1.165) is 85.5 Å². The Bertz CT molecular complexity index is 2270. The van der Waals surface area contributed by atoms with Crippen molar-refractivity contribution in [1.29, 1.82) is 0 Å². The van der Waals surface area contributed by atoms with Crippen molar-refractivity contribution in [3.8, 4) is 44.9 Å². The largest absolute Gasteiger partial charge is 0.251 e. The molecule has 4 aromatic carbocycles. The molecule has 214 valence electrons. The third-order valence-electron chi connectivity index (χ3n) is 8.43. The van der Waals surface area contributed by atoms with E-state index in [-0.39, 0.29) is 0 Å². The normalized spacial score (nSPS) is 12.9. The molecule has 4 heteroatoms. The summed E-state index contributed by atoms with van der Waals surface area (Å²) in [6.07, 6.45) is 8.35. The van der Waals surface area contributed by atoms with Gasteiger partial charge in [-0.15, -0.1) is 0 Å². The molecule has 3 aromatic heterocycles. The van der Waals surface area contributed by atoms with Crippen LogP contribution in [-0.4, -0.2) is 19.9 Å². The number of pyridine rings is 2. The standard InChI is InChI=1S/C41H30N4/c1-27-25-35(28-13-5-2-6-14-28)34-23-21-30-22-24-36(43-39(30)40(34)42-27)32-19-11-12-20-33(32)38-26-37(29-15-7-3-8-16-29)44-41(45-38)31-17-9-4-10-18-31/h2-9,11-17,19-26H,10,18H2,1H3. The van der Waals surface area contributed by atoms with E-state index >= 15 is 0 Å². The van der Waals surface area contributed by atoms with Gasteiger partial charge in [-0.25, -0.2) is 15.0 Å². The molecule has 0 saturated heterocycles. The number of nitrogens with zero attached hydrogens (tertiary/aromatic N) is 4. The predicted octanol–water partition coefficient (Wildman–Crippen LogP) is 10.3. The lowest BCUT2D eigenvalue weighted by Crippen LogP contribution is -2.01. The first-order valence-corrected chi connectivity index (χ1v) is 15.4. The smallest absolute Gasteiger partial charge is 0.156 e. The Labute approximate surface area is 262 Å². The van der Waals surface area contributed by atoms with Crippen molar-refractivity contribution in [2.24, 2.45) is 0 Å². The van der Waals surface area contributed by atoms with Crippen LogP contribution < -0.4 is 0 Å². The molecule has 1 aliphatic rings. The third kappa shape index (κ3) is 5.11. The van der Waals surface area contributed by atoms with Gasteiger partial charge < -0.3 is 0 Å². The van der Waals surface area contributed by atoms with Crippen molar-refractivity contribution >= 4 is 27.4 Å². The zero-order chi connectivity index (χ0) is 30.2. The molecule has 0 radical (unpaired) electrons. The first-order valence-electron chi connectivity index (χ1n) is 15.4. The summed E-state index contributed by atoms with van der Waals surface area (Å²) in [6, 6.07) is 42.1. The zero-order valence-corrected chi connectivity index (χ0v) is 25.0. The van der Waals surface area contributed by atoms with Crippen LogP contribution in [0.2, 0.25) is 0 Å². The monoisotopic (exact) mass is 578 g/mol. The molecule has 0 N–H and O–H groups in total.